The number of alkyl halides is 3. The first-order chi connectivity index (χ1) is 12.8. The highest BCUT2D eigenvalue weighted by Crippen LogP contribution is 2.18. The molecule has 0 atom stereocenters. The van der Waals surface area contributed by atoms with Crippen LogP contribution in [0.25, 0.3) is 10.8 Å². The number of nitrogens with one attached hydrogen (secondary N) is 1. The third kappa shape index (κ3) is 6.58. The number of aliphatic carboxylic acids is 1. The van der Waals surface area contributed by atoms with Gasteiger partial charge in [0.25, 0.3) is 0 Å². The van der Waals surface area contributed by atoms with Gasteiger partial charge in [-0.2, -0.15) is 13.2 Å². The molecule has 142 valence electrons. The fraction of sp³-hybridized carbons (Fsp3) is 0.150. The van der Waals surface area contributed by atoms with Crippen LogP contribution < -0.4 is 5.32 Å². The van der Waals surface area contributed by atoms with Crippen molar-refractivity contribution in [3.8, 4) is 0 Å². The van der Waals surface area contributed by atoms with Gasteiger partial charge in [0, 0.05) is 18.1 Å². The van der Waals surface area contributed by atoms with Gasteiger partial charge in [-0.3, -0.25) is 0 Å². The summed E-state index contributed by atoms with van der Waals surface area (Å²) in [6, 6.07) is 22.9. The first-order valence-corrected chi connectivity index (χ1v) is 8.37. The van der Waals surface area contributed by atoms with Crippen molar-refractivity contribution >= 4 is 28.3 Å². The lowest BCUT2D eigenvalue weighted by Crippen LogP contribution is -2.21. The van der Waals surface area contributed by atoms with Crippen LogP contribution in [-0.2, 0) is 17.9 Å². The van der Waals surface area contributed by atoms with Gasteiger partial charge in [-0.15, -0.1) is 0 Å². The van der Waals surface area contributed by atoms with Crippen LogP contribution in [0, 0.1) is 0 Å². The van der Waals surface area contributed by atoms with Crippen molar-refractivity contribution in [2.75, 3.05) is 0 Å². The molecule has 3 rings (SSSR count). The van der Waals surface area contributed by atoms with Crippen LogP contribution >= 0.6 is 11.6 Å². The van der Waals surface area contributed by atoms with Gasteiger partial charge < -0.3 is 10.4 Å². The normalized spacial score (nSPS) is 11.0. The van der Waals surface area contributed by atoms with E-state index < -0.39 is 12.1 Å². The molecule has 27 heavy (non-hydrogen) atoms. The summed E-state index contributed by atoms with van der Waals surface area (Å²) in [5.41, 5.74) is 2.58. The van der Waals surface area contributed by atoms with Crippen LogP contribution in [0.1, 0.15) is 11.1 Å². The number of carboxylic acids is 1. The van der Waals surface area contributed by atoms with E-state index in [2.05, 4.69) is 59.9 Å². The van der Waals surface area contributed by atoms with Crippen LogP contribution in [0.15, 0.2) is 66.7 Å². The summed E-state index contributed by atoms with van der Waals surface area (Å²) < 4.78 is 31.7. The molecule has 3 aromatic rings. The van der Waals surface area contributed by atoms with Crippen molar-refractivity contribution in [3.63, 3.8) is 0 Å². The third-order valence-corrected chi connectivity index (χ3v) is 3.93. The van der Waals surface area contributed by atoms with Gasteiger partial charge in [0.15, 0.2) is 0 Å². The predicted molar refractivity (Wildman–Crippen MR) is 99.6 cm³/mol. The maximum atomic E-state index is 10.6. The quantitative estimate of drug-likeness (QED) is 0.620. The van der Waals surface area contributed by atoms with Crippen LogP contribution in [0.5, 0.6) is 0 Å². The van der Waals surface area contributed by atoms with Gasteiger partial charge in [-0.25, -0.2) is 4.79 Å². The zero-order chi connectivity index (χ0) is 19.9. The van der Waals surface area contributed by atoms with Crippen molar-refractivity contribution in [2.24, 2.45) is 0 Å². The third-order valence-electron chi connectivity index (χ3n) is 3.68. The molecule has 0 saturated heterocycles. The lowest BCUT2D eigenvalue weighted by Gasteiger charge is -2.08. The van der Waals surface area contributed by atoms with Crippen LogP contribution in [0.3, 0.4) is 0 Å². The van der Waals surface area contributed by atoms with E-state index in [1.54, 1.807) is 0 Å². The minimum absolute atomic E-state index is 0.780. The van der Waals surface area contributed by atoms with Crippen molar-refractivity contribution in [1.29, 1.82) is 0 Å². The monoisotopic (exact) mass is 395 g/mol. The molecule has 0 aliphatic carbocycles. The maximum absolute atomic E-state index is 10.6. The molecule has 0 unspecified atom stereocenters. The highest BCUT2D eigenvalue weighted by Gasteiger charge is 2.38. The molecule has 0 aromatic heterocycles. The number of hydrogen-bond acceptors (Lipinski definition) is 2. The van der Waals surface area contributed by atoms with Crippen molar-refractivity contribution in [1.82, 2.24) is 5.32 Å². The Hall–Kier alpha value is -2.57. The van der Waals surface area contributed by atoms with Crippen LogP contribution in [0.4, 0.5) is 13.2 Å². The smallest absolute Gasteiger partial charge is 0.475 e. The van der Waals surface area contributed by atoms with E-state index in [0.29, 0.717) is 0 Å². The molecule has 0 fully saturated rings. The minimum Gasteiger partial charge on any atom is -0.475 e. The number of carboxylic acid groups (broad SMARTS) is 1. The standard InChI is InChI=1S/C18H16ClN.C2HF3O2/c19-17-10-8-14(9-11-17)12-20-13-16-6-3-5-15-4-1-2-7-18(15)16;3-2(4,5)1(6)7/h1-11,20H,12-13H2;(H,6,7). The van der Waals surface area contributed by atoms with Crippen molar-refractivity contribution in [3.05, 3.63) is 82.9 Å². The van der Waals surface area contributed by atoms with Crippen molar-refractivity contribution < 1.29 is 23.1 Å². The Morgan fingerprint density at radius 2 is 1.52 bits per heavy atom. The van der Waals surface area contributed by atoms with E-state index in [9.17, 15) is 13.2 Å². The zero-order valence-electron chi connectivity index (χ0n) is 14.1. The second kappa shape index (κ2) is 9.39. The number of halogens is 4. The summed E-state index contributed by atoms with van der Waals surface area (Å²) in [4.78, 5) is 8.90. The average molecular weight is 396 g/mol. The van der Waals surface area contributed by atoms with E-state index in [1.807, 2.05) is 12.1 Å². The minimum atomic E-state index is -5.08. The zero-order valence-corrected chi connectivity index (χ0v) is 14.9. The Labute approximate surface area is 159 Å². The second-order valence-corrected chi connectivity index (χ2v) is 6.11. The summed E-state index contributed by atoms with van der Waals surface area (Å²) in [6.07, 6.45) is -5.08. The van der Waals surface area contributed by atoms with E-state index in [0.717, 1.165) is 18.1 Å². The maximum Gasteiger partial charge on any atom is 0.490 e. The van der Waals surface area contributed by atoms with Gasteiger partial charge in [-0.05, 0) is 34.0 Å². The van der Waals surface area contributed by atoms with Gasteiger partial charge in [0.2, 0.25) is 0 Å². The summed E-state index contributed by atoms with van der Waals surface area (Å²) in [5, 5.41) is 14.0. The summed E-state index contributed by atoms with van der Waals surface area (Å²) in [6.45, 7) is 1.71. The lowest BCUT2D eigenvalue weighted by atomic mass is 10.0. The highest BCUT2D eigenvalue weighted by atomic mass is 35.5. The Balaban J connectivity index is 0.000000321. The first-order valence-electron chi connectivity index (χ1n) is 7.99. The molecule has 0 radical (unpaired) electrons. The number of carbonyl (C=O) groups is 1. The van der Waals surface area contributed by atoms with E-state index in [4.69, 9.17) is 21.5 Å². The summed E-state index contributed by atoms with van der Waals surface area (Å²) >= 11 is 5.89. The van der Waals surface area contributed by atoms with E-state index in [1.165, 1.54) is 21.9 Å². The molecular weight excluding hydrogens is 379 g/mol. The summed E-state index contributed by atoms with van der Waals surface area (Å²) in [7, 11) is 0. The molecule has 0 amide bonds. The number of benzene rings is 3. The van der Waals surface area contributed by atoms with Gasteiger partial charge in [-0.1, -0.05) is 66.2 Å². The Morgan fingerprint density at radius 3 is 2.15 bits per heavy atom. The van der Waals surface area contributed by atoms with Gasteiger partial charge >= 0.3 is 12.1 Å². The lowest BCUT2D eigenvalue weighted by molar-refractivity contribution is -0.192. The number of rotatable bonds is 4. The largest absolute Gasteiger partial charge is 0.490 e. The Bertz CT molecular complexity index is 890. The van der Waals surface area contributed by atoms with Crippen molar-refractivity contribution in [2.45, 2.75) is 19.3 Å². The fourth-order valence-corrected chi connectivity index (χ4v) is 2.52. The van der Waals surface area contributed by atoms with E-state index >= 15 is 0 Å². The molecule has 0 aliphatic rings. The second-order valence-electron chi connectivity index (χ2n) is 5.67. The average Bonchev–Trinajstić information content (AvgIpc) is 2.63. The molecule has 0 bridgehead atoms. The SMILES string of the molecule is Clc1ccc(CNCc2cccc3ccccc23)cc1.O=C(O)C(F)(F)F. The molecule has 3 nitrogen and oxygen atoms in total. The molecule has 3 aromatic carbocycles. The molecule has 2 N–H and O–H groups in total. The predicted octanol–water partition coefficient (Wildman–Crippen LogP) is 5.42. The first kappa shape index (κ1) is 20.7. The Morgan fingerprint density at radius 1 is 0.926 bits per heavy atom. The molecular formula is C20H17ClF3NO2. The molecule has 0 heterocycles. The summed E-state index contributed by atoms with van der Waals surface area (Å²) in [5.74, 6) is -2.76. The van der Waals surface area contributed by atoms with E-state index in [-0.39, 0.29) is 0 Å². The fourth-order valence-electron chi connectivity index (χ4n) is 2.39. The topological polar surface area (TPSA) is 49.3 Å². The molecule has 0 spiro atoms. The number of hydrogen-bond donors (Lipinski definition) is 2. The van der Waals surface area contributed by atoms with Gasteiger partial charge in [0.1, 0.15) is 0 Å². The molecule has 7 heteroatoms. The molecule has 0 aliphatic heterocycles. The molecule has 0 saturated carbocycles. The Kier molecular flexibility index (Phi) is 7.21. The number of fused-ring (bicyclic) bond motifs is 1. The van der Waals surface area contributed by atoms with Crippen LogP contribution in [-0.4, -0.2) is 17.3 Å². The highest BCUT2D eigenvalue weighted by molar-refractivity contribution is 6.30. The van der Waals surface area contributed by atoms with Gasteiger partial charge in [0.05, 0.1) is 0 Å². The van der Waals surface area contributed by atoms with Crippen LogP contribution in [0.2, 0.25) is 5.02 Å².